The average molecular weight is 319 g/mol. The molecular formula is C14H29N3O3S. The first kappa shape index (κ1) is 17.1. The Morgan fingerprint density at radius 3 is 2.62 bits per heavy atom. The molecular weight excluding hydrogens is 290 g/mol. The van der Waals surface area contributed by atoms with Gasteiger partial charge < -0.3 is 10.0 Å². The van der Waals surface area contributed by atoms with Crippen LogP contribution in [0.2, 0.25) is 0 Å². The SMILES string of the molecule is CN(CCNS(=O)(=O)N1CCCC(CO)C1)C1CCCC1. The van der Waals surface area contributed by atoms with Crippen molar-refractivity contribution in [1.82, 2.24) is 13.9 Å². The van der Waals surface area contributed by atoms with Gasteiger partial charge in [-0.15, -0.1) is 0 Å². The number of aliphatic hydroxyl groups is 1. The molecule has 1 atom stereocenters. The van der Waals surface area contributed by atoms with E-state index in [4.69, 9.17) is 0 Å². The third-order valence-electron chi connectivity index (χ3n) is 4.78. The second-order valence-corrected chi connectivity index (χ2v) is 8.12. The lowest BCUT2D eigenvalue weighted by Gasteiger charge is -2.31. The van der Waals surface area contributed by atoms with E-state index in [0.29, 0.717) is 25.7 Å². The Kier molecular flexibility index (Phi) is 6.43. The lowest BCUT2D eigenvalue weighted by molar-refractivity contribution is 0.164. The maximum atomic E-state index is 12.3. The summed E-state index contributed by atoms with van der Waals surface area (Å²) in [5.41, 5.74) is 0. The Bertz CT molecular complexity index is 410. The lowest BCUT2D eigenvalue weighted by Crippen LogP contribution is -2.48. The van der Waals surface area contributed by atoms with Crippen LogP contribution in [0, 0.1) is 5.92 Å². The van der Waals surface area contributed by atoms with Crippen LogP contribution < -0.4 is 4.72 Å². The first-order valence-corrected chi connectivity index (χ1v) is 9.53. The van der Waals surface area contributed by atoms with Crippen LogP contribution in [-0.2, 0) is 10.2 Å². The predicted octanol–water partition coefficient (Wildman–Crippen LogP) is 0.400. The van der Waals surface area contributed by atoms with E-state index in [2.05, 4.69) is 16.7 Å². The van der Waals surface area contributed by atoms with Gasteiger partial charge in [-0.3, -0.25) is 0 Å². The van der Waals surface area contributed by atoms with Gasteiger partial charge in [0.1, 0.15) is 0 Å². The van der Waals surface area contributed by atoms with Gasteiger partial charge in [0.2, 0.25) is 0 Å². The minimum atomic E-state index is -3.40. The summed E-state index contributed by atoms with van der Waals surface area (Å²) in [5, 5.41) is 9.20. The Hall–Kier alpha value is -0.210. The van der Waals surface area contributed by atoms with Crippen molar-refractivity contribution < 1.29 is 13.5 Å². The van der Waals surface area contributed by atoms with Crippen LogP contribution in [0.4, 0.5) is 0 Å². The number of nitrogens with one attached hydrogen (secondary N) is 1. The number of piperidine rings is 1. The number of hydrogen-bond acceptors (Lipinski definition) is 4. The van der Waals surface area contributed by atoms with Crippen LogP contribution in [0.5, 0.6) is 0 Å². The summed E-state index contributed by atoms with van der Waals surface area (Å²) < 4.78 is 28.7. The molecule has 1 unspecified atom stereocenters. The minimum Gasteiger partial charge on any atom is -0.396 e. The molecule has 0 aromatic heterocycles. The van der Waals surface area contributed by atoms with E-state index in [1.807, 2.05) is 0 Å². The third-order valence-corrected chi connectivity index (χ3v) is 6.36. The summed E-state index contributed by atoms with van der Waals surface area (Å²) in [6.07, 6.45) is 6.77. The molecule has 124 valence electrons. The molecule has 6 nitrogen and oxygen atoms in total. The highest BCUT2D eigenvalue weighted by Gasteiger charge is 2.28. The number of rotatable bonds is 7. The zero-order valence-corrected chi connectivity index (χ0v) is 13.8. The van der Waals surface area contributed by atoms with Crippen LogP contribution in [0.1, 0.15) is 38.5 Å². The normalized spacial score (nSPS) is 25.8. The van der Waals surface area contributed by atoms with Crippen LogP contribution >= 0.6 is 0 Å². The van der Waals surface area contributed by atoms with Crippen molar-refractivity contribution in [3.05, 3.63) is 0 Å². The first-order valence-electron chi connectivity index (χ1n) is 8.09. The van der Waals surface area contributed by atoms with E-state index in [1.54, 1.807) is 0 Å². The highest BCUT2D eigenvalue weighted by Crippen LogP contribution is 2.22. The monoisotopic (exact) mass is 319 g/mol. The van der Waals surface area contributed by atoms with Gasteiger partial charge in [0.15, 0.2) is 0 Å². The van der Waals surface area contributed by atoms with E-state index in [1.165, 1.54) is 30.0 Å². The van der Waals surface area contributed by atoms with Gasteiger partial charge in [-0.1, -0.05) is 12.8 Å². The van der Waals surface area contributed by atoms with Crippen molar-refractivity contribution in [2.75, 3.05) is 39.8 Å². The summed E-state index contributed by atoms with van der Waals surface area (Å²) in [6, 6.07) is 0.614. The molecule has 0 aromatic rings. The molecule has 1 saturated heterocycles. The van der Waals surface area contributed by atoms with Crippen molar-refractivity contribution in [2.24, 2.45) is 5.92 Å². The molecule has 0 radical (unpaired) electrons. The number of nitrogens with zero attached hydrogens (tertiary/aromatic N) is 2. The fraction of sp³-hybridized carbons (Fsp3) is 1.00. The van der Waals surface area contributed by atoms with Gasteiger partial charge in [0.05, 0.1) is 0 Å². The van der Waals surface area contributed by atoms with Gasteiger partial charge in [-0.2, -0.15) is 12.7 Å². The van der Waals surface area contributed by atoms with Crippen molar-refractivity contribution >= 4 is 10.2 Å². The molecule has 2 aliphatic rings. The minimum absolute atomic E-state index is 0.0659. The molecule has 1 aliphatic carbocycles. The Morgan fingerprint density at radius 2 is 1.95 bits per heavy atom. The van der Waals surface area contributed by atoms with E-state index >= 15 is 0 Å². The average Bonchev–Trinajstić information content (AvgIpc) is 3.01. The Morgan fingerprint density at radius 1 is 1.24 bits per heavy atom. The molecule has 0 aromatic carbocycles. The zero-order chi connectivity index (χ0) is 15.3. The van der Waals surface area contributed by atoms with Gasteiger partial charge >= 0.3 is 0 Å². The molecule has 1 saturated carbocycles. The molecule has 7 heteroatoms. The van der Waals surface area contributed by atoms with Crippen LogP contribution in [0.3, 0.4) is 0 Å². The maximum Gasteiger partial charge on any atom is 0.279 e. The second kappa shape index (κ2) is 7.87. The van der Waals surface area contributed by atoms with Crippen LogP contribution in [0.25, 0.3) is 0 Å². The Labute approximate surface area is 128 Å². The van der Waals surface area contributed by atoms with Crippen LogP contribution in [0.15, 0.2) is 0 Å². The summed E-state index contributed by atoms with van der Waals surface area (Å²) in [4.78, 5) is 2.27. The van der Waals surface area contributed by atoms with Gasteiger partial charge in [-0.05, 0) is 38.6 Å². The van der Waals surface area contributed by atoms with Gasteiger partial charge in [-0.25, -0.2) is 4.72 Å². The molecule has 0 spiro atoms. The van der Waals surface area contributed by atoms with E-state index in [0.717, 1.165) is 19.4 Å². The predicted molar refractivity (Wildman–Crippen MR) is 83.2 cm³/mol. The summed E-state index contributed by atoms with van der Waals surface area (Å²) in [6.45, 7) is 2.27. The first-order chi connectivity index (χ1) is 10.0. The quantitative estimate of drug-likeness (QED) is 0.712. The van der Waals surface area contributed by atoms with E-state index in [-0.39, 0.29) is 12.5 Å². The molecule has 2 rings (SSSR count). The second-order valence-electron chi connectivity index (χ2n) is 6.37. The Balaban J connectivity index is 1.75. The molecule has 21 heavy (non-hydrogen) atoms. The van der Waals surface area contributed by atoms with Crippen molar-refractivity contribution in [1.29, 1.82) is 0 Å². The molecule has 1 aliphatic heterocycles. The fourth-order valence-corrected chi connectivity index (χ4v) is 4.67. The molecule has 2 N–H and O–H groups in total. The van der Waals surface area contributed by atoms with Crippen molar-refractivity contribution in [2.45, 2.75) is 44.6 Å². The lowest BCUT2D eigenvalue weighted by atomic mass is 10.0. The van der Waals surface area contributed by atoms with Crippen molar-refractivity contribution in [3.8, 4) is 0 Å². The fourth-order valence-electron chi connectivity index (χ4n) is 3.36. The topological polar surface area (TPSA) is 72.9 Å². The molecule has 0 bridgehead atoms. The zero-order valence-electron chi connectivity index (χ0n) is 13.0. The molecule has 1 heterocycles. The summed E-state index contributed by atoms with van der Waals surface area (Å²) in [5.74, 6) is 0.0801. The molecule has 0 amide bonds. The third kappa shape index (κ3) is 4.89. The number of hydrogen-bond donors (Lipinski definition) is 2. The van der Waals surface area contributed by atoms with Gasteiger partial charge in [0, 0.05) is 38.8 Å². The largest absolute Gasteiger partial charge is 0.396 e. The number of aliphatic hydroxyl groups excluding tert-OH is 1. The highest BCUT2D eigenvalue weighted by atomic mass is 32.2. The molecule has 2 fully saturated rings. The summed E-state index contributed by atoms with van der Waals surface area (Å²) >= 11 is 0. The maximum absolute atomic E-state index is 12.3. The summed E-state index contributed by atoms with van der Waals surface area (Å²) in [7, 11) is -1.32. The van der Waals surface area contributed by atoms with E-state index < -0.39 is 10.2 Å². The van der Waals surface area contributed by atoms with Crippen LogP contribution in [-0.4, -0.2) is 68.6 Å². The van der Waals surface area contributed by atoms with E-state index in [9.17, 15) is 13.5 Å². The highest BCUT2D eigenvalue weighted by molar-refractivity contribution is 7.87. The standard InChI is InChI=1S/C14H29N3O3S/c1-16(14-6-2-3-7-14)10-8-15-21(19,20)17-9-4-5-13(11-17)12-18/h13-15,18H,2-12H2,1H3. The smallest absolute Gasteiger partial charge is 0.279 e. The number of likely N-dealkylation sites (N-methyl/N-ethyl adjacent to an activating group) is 1. The van der Waals surface area contributed by atoms with Crippen molar-refractivity contribution in [3.63, 3.8) is 0 Å². The van der Waals surface area contributed by atoms with Gasteiger partial charge in [0.25, 0.3) is 10.2 Å².